The number of pyridine rings is 1. The number of hydrogen-bond donors (Lipinski definition) is 2. The average Bonchev–Trinajstić information content (AvgIpc) is 3.28. The van der Waals surface area contributed by atoms with Gasteiger partial charge in [-0.25, -0.2) is 0 Å². The molecule has 3 N–H and O–H groups in total. The zero-order valence-corrected chi connectivity index (χ0v) is 16.8. The van der Waals surface area contributed by atoms with Gasteiger partial charge in [-0.15, -0.1) is 10.2 Å². The molecule has 4 aromatic rings. The van der Waals surface area contributed by atoms with E-state index in [4.69, 9.17) is 5.73 Å². The van der Waals surface area contributed by atoms with Crippen molar-refractivity contribution in [2.24, 2.45) is 0 Å². The highest BCUT2D eigenvalue weighted by atomic mass is 16.2. The van der Waals surface area contributed by atoms with Crippen LogP contribution in [-0.2, 0) is 6.42 Å². The fourth-order valence-electron chi connectivity index (χ4n) is 3.81. The van der Waals surface area contributed by atoms with Crippen LogP contribution in [0.1, 0.15) is 38.8 Å². The number of amides is 2. The van der Waals surface area contributed by atoms with Crippen LogP contribution in [0.15, 0.2) is 47.3 Å². The number of nitrogens with one attached hydrogen (secondary N) is 1. The normalized spacial score (nSPS) is 13.0. The van der Waals surface area contributed by atoms with Crippen LogP contribution in [0.2, 0.25) is 0 Å². The topological polar surface area (TPSA) is 125 Å². The molecule has 2 aromatic carbocycles. The lowest BCUT2D eigenvalue weighted by Crippen LogP contribution is -2.24. The monoisotopic (exact) mass is 414 g/mol. The zero-order chi connectivity index (χ0) is 21.9. The first kappa shape index (κ1) is 18.7. The summed E-state index contributed by atoms with van der Waals surface area (Å²) in [6, 6.07) is 12.6. The van der Waals surface area contributed by atoms with E-state index in [1.807, 2.05) is 31.2 Å². The van der Waals surface area contributed by atoms with Crippen molar-refractivity contribution >= 4 is 28.7 Å². The minimum atomic E-state index is -0.625. The molecule has 3 heterocycles. The molecule has 0 aliphatic carbocycles. The molecule has 9 heteroatoms. The lowest BCUT2D eigenvalue weighted by molar-refractivity contribution is 0.0880. The van der Waals surface area contributed by atoms with Gasteiger partial charge in [-0.3, -0.25) is 24.3 Å². The van der Waals surface area contributed by atoms with Gasteiger partial charge in [-0.1, -0.05) is 19.1 Å². The van der Waals surface area contributed by atoms with Gasteiger partial charge < -0.3 is 5.73 Å². The number of fused-ring (bicyclic) bond motifs is 2. The first-order valence-corrected chi connectivity index (χ1v) is 9.76. The van der Waals surface area contributed by atoms with Crippen LogP contribution in [0.4, 0.5) is 5.82 Å². The van der Waals surface area contributed by atoms with Crippen LogP contribution in [-0.4, -0.2) is 31.4 Å². The van der Waals surface area contributed by atoms with Crippen molar-refractivity contribution in [3.05, 3.63) is 75.1 Å². The molecule has 1 aliphatic heterocycles. The molecule has 31 heavy (non-hydrogen) atoms. The first-order chi connectivity index (χ1) is 14.9. The fourth-order valence-corrected chi connectivity index (χ4v) is 3.81. The molecule has 0 saturated carbocycles. The Hall–Kier alpha value is -4.27. The Morgan fingerprint density at radius 3 is 2.32 bits per heavy atom. The Bertz CT molecular complexity index is 1460. The Morgan fingerprint density at radius 1 is 0.968 bits per heavy atom. The summed E-state index contributed by atoms with van der Waals surface area (Å²) < 4.78 is 1.22. The van der Waals surface area contributed by atoms with E-state index >= 15 is 0 Å². The van der Waals surface area contributed by atoms with E-state index in [1.54, 1.807) is 12.1 Å². The van der Waals surface area contributed by atoms with E-state index in [1.165, 1.54) is 14.9 Å². The minimum Gasteiger partial charge on any atom is -0.384 e. The smallest absolute Gasteiger partial charge is 0.262 e. The van der Waals surface area contributed by atoms with Crippen molar-refractivity contribution in [1.82, 2.24) is 24.9 Å². The number of aromatic nitrogens is 4. The Kier molecular flexibility index (Phi) is 4.01. The standard InChI is InChI=1S/C22H18N6O3/c1-3-12-4-6-13(7-5-12)28-25-15-8-11(2)17(10-16(15)26-28)27-18(29)9-14-19(20(27)23)22(31)24-21(14)30/h4-10H,3,23H2,1-2H3,(H,24,30,31). The Labute approximate surface area is 176 Å². The third kappa shape index (κ3) is 2.82. The van der Waals surface area contributed by atoms with Crippen molar-refractivity contribution in [2.45, 2.75) is 20.3 Å². The van der Waals surface area contributed by atoms with E-state index in [0.717, 1.165) is 23.7 Å². The molecule has 5 rings (SSSR count). The second-order valence-corrected chi connectivity index (χ2v) is 7.41. The van der Waals surface area contributed by atoms with Gasteiger partial charge in [0.1, 0.15) is 16.9 Å². The molecule has 9 nitrogen and oxygen atoms in total. The van der Waals surface area contributed by atoms with Crippen LogP contribution in [0.3, 0.4) is 0 Å². The number of imide groups is 1. The largest absolute Gasteiger partial charge is 0.384 e. The molecule has 2 aromatic heterocycles. The highest BCUT2D eigenvalue weighted by Crippen LogP contribution is 2.26. The van der Waals surface area contributed by atoms with Crippen LogP contribution in [0.5, 0.6) is 0 Å². The Morgan fingerprint density at radius 2 is 1.65 bits per heavy atom. The molecule has 0 atom stereocenters. The van der Waals surface area contributed by atoms with Gasteiger partial charge in [0.25, 0.3) is 17.4 Å². The summed E-state index contributed by atoms with van der Waals surface area (Å²) in [4.78, 5) is 38.3. The van der Waals surface area contributed by atoms with Crippen molar-refractivity contribution in [3.63, 3.8) is 0 Å². The fraction of sp³-hybridized carbons (Fsp3) is 0.136. The molecule has 0 unspecified atom stereocenters. The molecule has 1 aliphatic rings. The molecule has 2 amide bonds. The molecule has 154 valence electrons. The first-order valence-electron chi connectivity index (χ1n) is 9.76. The third-order valence-corrected chi connectivity index (χ3v) is 5.47. The summed E-state index contributed by atoms with van der Waals surface area (Å²) in [5, 5.41) is 11.2. The summed E-state index contributed by atoms with van der Waals surface area (Å²) in [5.41, 5.74) is 10.1. The maximum atomic E-state index is 12.8. The number of nitrogens with zero attached hydrogens (tertiary/aromatic N) is 4. The van der Waals surface area contributed by atoms with Crippen molar-refractivity contribution in [2.75, 3.05) is 5.73 Å². The van der Waals surface area contributed by atoms with Gasteiger partial charge >= 0.3 is 0 Å². The predicted octanol–water partition coefficient (Wildman–Crippen LogP) is 1.91. The van der Waals surface area contributed by atoms with Crippen LogP contribution in [0, 0.1) is 6.92 Å². The van der Waals surface area contributed by atoms with Gasteiger partial charge in [0.15, 0.2) is 0 Å². The van der Waals surface area contributed by atoms with E-state index in [0.29, 0.717) is 16.7 Å². The van der Waals surface area contributed by atoms with Crippen LogP contribution >= 0.6 is 0 Å². The average molecular weight is 414 g/mol. The second-order valence-electron chi connectivity index (χ2n) is 7.41. The van der Waals surface area contributed by atoms with Crippen LogP contribution in [0.25, 0.3) is 22.4 Å². The van der Waals surface area contributed by atoms with E-state index < -0.39 is 17.4 Å². The summed E-state index contributed by atoms with van der Waals surface area (Å²) in [5.74, 6) is -1.33. The van der Waals surface area contributed by atoms with E-state index in [9.17, 15) is 14.4 Å². The van der Waals surface area contributed by atoms with Gasteiger partial charge in [0.2, 0.25) is 0 Å². The molecule has 0 spiro atoms. The zero-order valence-electron chi connectivity index (χ0n) is 16.8. The highest BCUT2D eigenvalue weighted by molar-refractivity contribution is 6.23. The number of carbonyl (C=O) groups is 2. The molecule has 0 radical (unpaired) electrons. The lowest BCUT2D eigenvalue weighted by atomic mass is 10.1. The number of nitrogens with two attached hydrogens (primary N) is 1. The number of nitrogen functional groups attached to an aromatic ring is 1. The summed E-state index contributed by atoms with van der Waals surface area (Å²) in [6.07, 6.45) is 0.942. The molecule has 0 saturated heterocycles. The number of benzene rings is 2. The second kappa shape index (κ2) is 6.63. The molecule has 0 fully saturated rings. The lowest BCUT2D eigenvalue weighted by Gasteiger charge is -2.13. The van der Waals surface area contributed by atoms with Gasteiger partial charge in [0.05, 0.1) is 22.5 Å². The summed E-state index contributed by atoms with van der Waals surface area (Å²) >= 11 is 0. The van der Waals surface area contributed by atoms with Crippen molar-refractivity contribution < 1.29 is 9.59 Å². The minimum absolute atomic E-state index is 0.00349. The van der Waals surface area contributed by atoms with E-state index in [-0.39, 0.29) is 16.9 Å². The molecular formula is C22H18N6O3. The van der Waals surface area contributed by atoms with Crippen LogP contribution < -0.4 is 16.6 Å². The number of carbonyl (C=O) groups excluding carboxylic acids is 2. The summed E-state index contributed by atoms with van der Waals surface area (Å²) in [6.45, 7) is 3.90. The SMILES string of the molecule is CCc1ccc(-n2nc3cc(C)c(-n4c(N)c5c(cc4=O)C(=O)NC5=O)cc3n2)cc1. The van der Waals surface area contributed by atoms with Gasteiger partial charge in [-0.05, 0) is 48.7 Å². The molecular weight excluding hydrogens is 396 g/mol. The van der Waals surface area contributed by atoms with Crippen molar-refractivity contribution in [3.8, 4) is 11.4 Å². The number of hydrogen-bond acceptors (Lipinski definition) is 6. The van der Waals surface area contributed by atoms with E-state index in [2.05, 4.69) is 22.4 Å². The highest BCUT2D eigenvalue weighted by Gasteiger charge is 2.32. The Balaban J connectivity index is 1.67. The van der Waals surface area contributed by atoms with Crippen molar-refractivity contribution in [1.29, 1.82) is 0 Å². The summed E-state index contributed by atoms with van der Waals surface area (Å²) in [7, 11) is 0. The maximum Gasteiger partial charge on any atom is 0.262 e. The quantitative estimate of drug-likeness (QED) is 0.494. The number of rotatable bonds is 3. The number of anilines is 1. The maximum absolute atomic E-state index is 12.8. The predicted molar refractivity (Wildman–Crippen MR) is 115 cm³/mol. The van der Waals surface area contributed by atoms with Gasteiger partial charge in [0, 0.05) is 6.07 Å². The van der Waals surface area contributed by atoms with Gasteiger partial charge in [-0.2, -0.15) is 4.80 Å². The number of aryl methyl sites for hydroxylation is 2. The molecule has 0 bridgehead atoms. The third-order valence-electron chi connectivity index (χ3n) is 5.47.